The first-order valence-electron chi connectivity index (χ1n) is 5.27. The second kappa shape index (κ2) is 4.23. The van der Waals surface area contributed by atoms with Crippen molar-refractivity contribution in [2.24, 2.45) is 0 Å². The summed E-state index contributed by atoms with van der Waals surface area (Å²) in [6.07, 6.45) is 5.03. The number of rotatable bonds is 2. The summed E-state index contributed by atoms with van der Waals surface area (Å²) in [6.45, 7) is 0. The third kappa shape index (κ3) is 1.76. The third-order valence-electron chi connectivity index (χ3n) is 2.59. The van der Waals surface area contributed by atoms with Crippen LogP contribution in [-0.4, -0.2) is 22.1 Å². The lowest BCUT2D eigenvalue weighted by atomic mass is 10.1. The fourth-order valence-electron chi connectivity index (χ4n) is 1.79. The standard InChI is InChI=1S/C12H10N4OS/c1-17-9-2-7(8-4-14-6-15-5-8)3-10-11(9)16-12(13)18-10/h2-6H,1H3,(H2,13,16). The number of nitrogens with zero attached hydrogens (tertiary/aromatic N) is 3. The van der Waals surface area contributed by atoms with Gasteiger partial charge in [-0.05, 0) is 17.7 Å². The molecule has 2 heterocycles. The van der Waals surface area contributed by atoms with Crippen LogP contribution in [0.15, 0.2) is 30.9 Å². The summed E-state index contributed by atoms with van der Waals surface area (Å²) in [6, 6.07) is 3.94. The van der Waals surface area contributed by atoms with Gasteiger partial charge in [-0.15, -0.1) is 0 Å². The van der Waals surface area contributed by atoms with Crippen molar-refractivity contribution in [1.29, 1.82) is 0 Å². The van der Waals surface area contributed by atoms with E-state index in [1.54, 1.807) is 19.5 Å². The van der Waals surface area contributed by atoms with Gasteiger partial charge >= 0.3 is 0 Å². The van der Waals surface area contributed by atoms with Gasteiger partial charge in [0.2, 0.25) is 0 Å². The fraction of sp³-hybridized carbons (Fsp3) is 0.0833. The largest absolute Gasteiger partial charge is 0.494 e. The number of thiazole rings is 1. The Bertz CT molecular complexity index is 696. The van der Waals surface area contributed by atoms with Gasteiger partial charge < -0.3 is 10.5 Å². The number of benzene rings is 1. The number of nitrogens with two attached hydrogens (primary N) is 1. The van der Waals surface area contributed by atoms with Gasteiger partial charge in [0, 0.05) is 18.0 Å². The van der Waals surface area contributed by atoms with Crippen molar-refractivity contribution < 1.29 is 4.74 Å². The van der Waals surface area contributed by atoms with Crippen LogP contribution in [0, 0.1) is 0 Å². The zero-order chi connectivity index (χ0) is 12.5. The molecule has 0 aliphatic heterocycles. The Kier molecular flexibility index (Phi) is 2.56. The summed E-state index contributed by atoms with van der Waals surface area (Å²) in [4.78, 5) is 12.3. The molecule has 0 aliphatic carbocycles. The van der Waals surface area contributed by atoms with Gasteiger partial charge in [-0.2, -0.15) is 0 Å². The number of anilines is 1. The maximum atomic E-state index is 5.73. The van der Waals surface area contributed by atoms with Gasteiger partial charge in [0.25, 0.3) is 0 Å². The molecule has 0 atom stereocenters. The molecule has 0 saturated carbocycles. The van der Waals surface area contributed by atoms with Crippen LogP contribution >= 0.6 is 11.3 Å². The van der Waals surface area contributed by atoms with Crippen molar-refractivity contribution in [2.45, 2.75) is 0 Å². The van der Waals surface area contributed by atoms with Crippen LogP contribution in [0.1, 0.15) is 0 Å². The van der Waals surface area contributed by atoms with Gasteiger partial charge in [-0.3, -0.25) is 0 Å². The van der Waals surface area contributed by atoms with Gasteiger partial charge in [0.1, 0.15) is 17.6 Å². The zero-order valence-corrected chi connectivity index (χ0v) is 10.4. The van der Waals surface area contributed by atoms with E-state index in [1.807, 2.05) is 12.1 Å². The Morgan fingerprint density at radius 3 is 2.67 bits per heavy atom. The number of fused-ring (bicyclic) bond motifs is 1. The summed E-state index contributed by atoms with van der Waals surface area (Å²) in [5, 5.41) is 0.532. The predicted molar refractivity (Wildman–Crippen MR) is 71.6 cm³/mol. The summed E-state index contributed by atoms with van der Waals surface area (Å²) in [5.41, 5.74) is 8.45. The minimum absolute atomic E-state index is 0.532. The molecular weight excluding hydrogens is 248 g/mol. The molecule has 3 rings (SSSR count). The van der Waals surface area contributed by atoms with Crippen molar-refractivity contribution in [3.8, 4) is 16.9 Å². The van der Waals surface area contributed by atoms with Crippen LogP contribution in [0.4, 0.5) is 5.13 Å². The Morgan fingerprint density at radius 2 is 1.94 bits per heavy atom. The Morgan fingerprint density at radius 1 is 1.17 bits per heavy atom. The highest BCUT2D eigenvalue weighted by Crippen LogP contribution is 2.35. The highest BCUT2D eigenvalue weighted by Gasteiger charge is 2.10. The van der Waals surface area contributed by atoms with Crippen LogP contribution < -0.4 is 10.5 Å². The fourth-order valence-corrected chi connectivity index (χ4v) is 2.58. The number of nitrogen functional groups attached to an aromatic ring is 1. The van der Waals surface area contributed by atoms with Crippen molar-refractivity contribution in [3.05, 3.63) is 30.9 Å². The molecule has 90 valence electrons. The topological polar surface area (TPSA) is 73.9 Å². The number of aromatic nitrogens is 3. The van der Waals surface area contributed by atoms with Crippen LogP contribution in [0.5, 0.6) is 5.75 Å². The summed E-state index contributed by atoms with van der Waals surface area (Å²) >= 11 is 1.44. The normalized spacial score (nSPS) is 10.7. The third-order valence-corrected chi connectivity index (χ3v) is 3.42. The van der Waals surface area contributed by atoms with E-state index in [0.29, 0.717) is 10.9 Å². The zero-order valence-electron chi connectivity index (χ0n) is 9.62. The van der Waals surface area contributed by atoms with E-state index >= 15 is 0 Å². The van der Waals surface area contributed by atoms with E-state index in [0.717, 1.165) is 21.3 Å². The first kappa shape index (κ1) is 10.9. The Hall–Kier alpha value is -2.21. The van der Waals surface area contributed by atoms with Crippen molar-refractivity contribution in [1.82, 2.24) is 15.0 Å². The minimum atomic E-state index is 0.532. The van der Waals surface area contributed by atoms with Crippen LogP contribution in [0.2, 0.25) is 0 Å². The van der Waals surface area contributed by atoms with Gasteiger partial charge in [-0.1, -0.05) is 11.3 Å². The molecule has 2 aromatic heterocycles. The van der Waals surface area contributed by atoms with Gasteiger partial charge in [0.05, 0.1) is 11.8 Å². The van der Waals surface area contributed by atoms with E-state index in [4.69, 9.17) is 10.5 Å². The maximum absolute atomic E-state index is 5.73. The molecular formula is C12H10N4OS. The number of hydrogen-bond donors (Lipinski definition) is 1. The molecule has 6 heteroatoms. The minimum Gasteiger partial charge on any atom is -0.494 e. The van der Waals surface area contributed by atoms with Crippen LogP contribution in [0.3, 0.4) is 0 Å². The van der Waals surface area contributed by atoms with Gasteiger partial charge in [-0.25, -0.2) is 15.0 Å². The second-order valence-electron chi connectivity index (χ2n) is 3.70. The second-order valence-corrected chi connectivity index (χ2v) is 4.77. The molecule has 2 N–H and O–H groups in total. The molecule has 1 aromatic carbocycles. The summed E-state index contributed by atoms with van der Waals surface area (Å²) < 4.78 is 6.34. The molecule has 0 spiro atoms. The average Bonchev–Trinajstić information content (AvgIpc) is 2.78. The van der Waals surface area contributed by atoms with E-state index in [2.05, 4.69) is 15.0 Å². The van der Waals surface area contributed by atoms with Crippen LogP contribution in [-0.2, 0) is 0 Å². The lowest BCUT2D eigenvalue weighted by Crippen LogP contribution is -1.88. The van der Waals surface area contributed by atoms with Gasteiger partial charge in [0.15, 0.2) is 5.13 Å². The van der Waals surface area contributed by atoms with E-state index < -0.39 is 0 Å². The van der Waals surface area contributed by atoms with Crippen molar-refractivity contribution >= 4 is 26.7 Å². The van der Waals surface area contributed by atoms with Crippen LogP contribution in [0.25, 0.3) is 21.3 Å². The average molecular weight is 258 g/mol. The first-order valence-corrected chi connectivity index (χ1v) is 6.09. The monoisotopic (exact) mass is 258 g/mol. The molecule has 5 nitrogen and oxygen atoms in total. The SMILES string of the molecule is COc1cc(-c2cncnc2)cc2sc(N)nc12. The molecule has 0 amide bonds. The molecule has 0 saturated heterocycles. The Balaban J connectivity index is 2.25. The highest BCUT2D eigenvalue weighted by atomic mass is 32.1. The molecule has 0 unspecified atom stereocenters. The summed E-state index contributed by atoms with van der Waals surface area (Å²) in [7, 11) is 1.62. The number of methoxy groups -OCH3 is 1. The summed E-state index contributed by atoms with van der Waals surface area (Å²) in [5.74, 6) is 0.708. The Labute approximate surface area is 107 Å². The van der Waals surface area contributed by atoms with E-state index in [9.17, 15) is 0 Å². The lowest BCUT2D eigenvalue weighted by Gasteiger charge is -2.05. The molecule has 0 radical (unpaired) electrons. The predicted octanol–water partition coefficient (Wildman–Crippen LogP) is 2.34. The molecule has 0 fully saturated rings. The maximum Gasteiger partial charge on any atom is 0.181 e. The first-order chi connectivity index (χ1) is 8.78. The van der Waals surface area contributed by atoms with E-state index in [-0.39, 0.29) is 0 Å². The molecule has 3 aromatic rings. The number of ether oxygens (including phenoxy) is 1. The van der Waals surface area contributed by atoms with Crippen molar-refractivity contribution in [2.75, 3.05) is 12.8 Å². The quantitative estimate of drug-likeness (QED) is 0.763. The molecule has 0 bridgehead atoms. The lowest BCUT2D eigenvalue weighted by molar-refractivity contribution is 0.419. The molecule has 0 aliphatic rings. The number of hydrogen-bond acceptors (Lipinski definition) is 6. The smallest absolute Gasteiger partial charge is 0.181 e. The van der Waals surface area contributed by atoms with E-state index in [1.165, 1.54) is 17.7 Å². The van der Waals surface area contributed by atoms with Crippen molar-refractivity contribution in [3.63, 3.8) is 0 Å². The molecule has 18 heavy (non-hydrogen) atoms. The highest BCUT2D eigenvalue weighted by molar-refractivity contribution is 7.22.